The fourth-order valence-electron chi connectivity index (χ4n) is 4.29. The van der Waals surface area contributed by atoms with Gasteiger partial charge in [0.2, 0.25) is 5.91 Å². The zero-order valence-corrected chi connectivity index (χ0v) is 16.1. The van der Waals surface area contributed by atoms with Gasteiger partial charge in [-0.3, -0.25) is 4.79 Å². The summed E-state index contributed by atoms with van der Waals surface area (Å²) >= 11 is 0. The molecule has 7 nitrogen and oxygen atoms in total. The number of nitrogens with one attached hydrogen (secondary N) is 1. The molecule has 7 heteroatoms. The van der Waals surface area contributed by atoms with Crippen LogP contribution in [0.1, 0.15) is 32.6 Å². The van der Waals surface area contributed by atoms with Gasteiger partial charge in [0, 0.05) is 51.7 Å². The molecular weight excluding hydrogens is 332 g/mol. The van der Waals surface area contributed by atoms with Crippen LogP contribution in [0.4, 0.5) is 4.79 Å². The van der Waals surface area contributed by atoms with Crippen molar-refractivity contribution in [3.63, 3.8) is 0 Å². The van der Waals surface area contributed by atoms with E-state index >= 15 is 0 Å². The molecule has 3 aliphatic rings. The van der Waals surface area contributed by atoms with Gasteiger partial charge in [0.05, 0.1) is 13.2 Å². The molecule has 3 saturated heterocycles. The molecule has 0 bridgehead atoms. The Morgan fingerprint density at radius 1 is 1.00 bits per heavy atom. The molecule has 148 valence electrons. The van der Waals surface area contributed by atoms with Crippen LogP contribution in [-0.2, 0) is 9.53 Å². The van der Waals surface area contributed by atoms with Crippen LogP contribution in [0.15, 0.2) is 0 Å². The standard InChI is InChI=1S/C19H34N4O3/c1-16-3-2-7-21(15-16)10-6-20-19(25)23-8-4-17(5-9-23)18(24)22-11-13-26-14-12-22/h16-17H,2-15H2,1H3,(H,20,25). The van der Waals surface area contributed by atoms with Crippen LogP contribution < -0.4 is 5.32 Å². The van der Waals surface area contributed by atoms with Crippen molar-refractivity contribution in [1.82, 2.24) is 20.0 Å². The van der Waals surface area contributed by atoms with E-state index < -0.39 is 0 Å². The number of carbonyl (C=O) groups is 2. The molecule has 0 saturated carbocycles. The third-order valence-corrected chi connectivity index (χ3v) is 5.90. The molecule has 1 unspecified atom stereocenters. The smallest absolute Gasteiger partial charge is 0.317 e. The Balaban J connectivity index is 1.33. The summed E-state index contributed by atoms with van der Waals surface area (Å²) in [6.07, 6.45) is 4.13. The number of rotatable bonds is 4. The number of carbonyl (C=O) groups excluding carboxylic acids is 2. The van der Waals surface area contributed by atoms with Crippen molar-refractivity contribution in [2.45, 2.75) is 32.6 Å². The number of ether oxygens (including phenoxy) is 1. The first-order chi connectivity index (χ1) is 12.6. The second kappa shape index (κ2) is 9.55. The Hall–Kier alpha value is -1.34. The summed E-state index contributed by atoms with van der Waals surface area (Å²) in [6.45, 7) is 10.3. The van der Waals surface area contributed by atoms with Crippen molar-refractivity contribution in [3.8, 4) is 0 Å². The maximum atomic E-state index is 12.5. The molecule has 0 aromatic rings. The van der Waals surface area contributed by atoms with Gasteiger partial charge in [-0.05, 0) is 38.1 Å². The highest BCUT2D eigenvalue weighted by Crippen LogP contribution is 2.20. The predicted molar refractivity (Wildman–Crippen MR) is 99.9 cm³/mol. The minimum atomic E-state index is 0.0207. The molecule has 3 heterocycles. The highest BCUT2D eigenvalue weighted by atomic mass is 16.5. The Morgan fingerprint density at radius 3 is 2.42 bits per heavy atom. The molecular formula is C19H34N4O3. The van der Waals surface area contributed by atoms with Gasteiger partial charge in [0.25, 0.3) is 0 Å². The summed E-state index contributed by atoms with van der Waals surface area (Å²) in [4.78, 5) is 31.1. The SMILES string of the molecule is CC1CCCN(CCNC(=O)N2CCC(C(=O)N3CCOCC3)CC2)C1. The quantitative estimate of drug-likeness (QED) is 0.806. The van der Waals surface area contributed by atoms with Gasteiger partial charge in [-0.2, -0.15) is 0 Å². The van der Waals surface area contributed by atoms with Crippen molar-refractivity contribution >= 4 is 11.9 Å². The summed E-state index contributed by atoms with van der Waals surface area (Å²) in [5.41, 5.74) is 0. The Morgan fingerprint density at radius 2 is 1.73 bits per heavy atom. The Bertz CT molecular complexity index is 473. The van der Waals surface area contributed by atoms with E-state index in [1.807, 2.05) is 9.80 Å². The van der Waals surface area contributed by atoms with Gasteiger partial charge < -0.3 is 24.8 Å². The number of nitrogens with zero attached hydrogens (tertiary/aromatic N) is 3. The lowest BCUT2D eigenvalue weighted by atomic mass is 9.95. The molecule has 3 amide bonds. The first-order valence-electron chi connectivity index (χ1n) is 10.2. The molecule has 0 spiro atoms. The predicted octanol–water partition coefficient (Wildman–Crippen LogP) is 0.999. The van der Waals surface area contributed by atoms with Crippen molar-refractivity contribution < 1.29 is 14.3 Å². The molecule has 1 atom stereocenters. The molecule has 1 N–H and O–H groups in total. The maximum Gasteiger partial charge on any atom is 0.317 e. The van der Waals surface area contributed by atoms with Gasteiger partial charge in [-0.15, -0.1) is 0 Å². The molecule has 3 rings (SSSR count). The Kier molecular flexibility index (Phi) is 7.14. The summed E-state index contributed by atoms with van der Waals surface area (Å²) in [5, 5.41) is 3.06. The summed E-state index contributed by atoms with van der Waals surface area (Å²) in [5.74, 6) is 1.07. The average Bonchev–Trinajstić information content (AvgIpc) is 2.68. The second-order valence-electron chi connectivity index (χ2n) is 7.98. The van der Waals surface area contributed by atoms with Crippen molar-refractivity contribution in [2.75, 3.05) is 65.6 Å². The molecule has 26 heavy (non-hydrogen) atoms. The highest BCUT2D eigenvalue weighted by Gasteiger charge is 2.30. The zero-order valence-electron chi connectivity index (χ0n) is 16.1. The molecule has 3 aliphatic heterocycles. The van der Waals surface area contributed by atoms with Crippen LogP contribution in [0.5, 0.6) is 0 Å². The molecule has 0 aliphatic carbocycles. The van der Waals surface area contributed by atoms with Crippen LogP contribution in [0.2, 0.25) is 0 Å². The van der Waals surface area contributed by atoms with Gasteiger partial charge in [-0.1, -0.05) is 6.92 Å². The lowest BCUT2D eigenvalue weighted by molar-refractivity contribution is -0.141. The zero-order chi connectivity index (χ0) is 18.4. The number of urea groups is 1. The second-order valence-corrected chi connectivity index (χ2v) is 7.98. The lowest BCUT2D eigenvalue weighted by Crippen LogP contribution is -2.50. The van der Waals surface area contributed by atoms with E-state index in [1.54, 1.807) is 0 Å². The first-order valence-corrected chi connectivity index (χ1v) is 10.2. The summed E-state index contributed by atoms with van der Waals surface area (Å²) < 4.78 is 5.31. The van der Waals surface area contributed by atoms with E-state index in [1.165, 1.54) is 12.8 Å². The minimum absolute atomic E-state index is 0.0207. The van der Waals surface area contributed by atoms with Gasteiger partial charge in [0.15, 0.2) is 0 Å². The van der Waals surface area contributed by atoms with E-state index in [0.29, 0.717) is 45.9 Å². The van der Waals surface area contributed by atoms with Gasteiger partial charge in [0.1, 0.15) is 0 Å². The fraction of sp³-hybridized carbons (Fsp3) is 0.895. The number of amides is 3. The molecule has 0 aromatic heterocycles. The van der Waals surface area contributed by atoms with Crippen LogP contribution in [0.3, 0.4) is 0 Å². The molecule has 0 radical (unpaired) electrons. The van der Waals surface area contributed by atoms with Gasteiger partial charge >= 0.3 is 6.03 Å². The maximum absolute atomic E-state index is 12.5. The number of likely N-dealkylation sites (tertiary alicyclic amines) is 2. The average molecular weight is 367 g/mol. The van der Waals surface area contributed by atoms with Crippen LogP contribution in [0.25, 0.3) is 0 Å². The van der Waals surface area contributed by atoms with Crippen LogP contribution >= 0.6 is 0 Å². The number of hydrogen-bond donors (Lipinski definition) is 1. The third kappa shape index (κ3) is 5.33. The van der Waals surface area contributed by atoms with Crippen molar-refractivity contribution in [3.05, 3.63) is 0 Å². The van der Waals surface area contributed by atoms with Crippen molar-refractivity contribution in [1.29, 1.82) is 0 Å². The molecule has 0 aromatic carbocycles. The van der Waals surface area contributed by atoms with E-state index in [-0.39, 0.29) is 17.9 Å². The van der Waals surface area contributed by atoms with E-state index in [2.05, 4.69) is 17.1 Å². The van der Waals surface area contributed by atoms with Crippen molar-refractivity contribution in [2.24, 2.45) is 11.8 Å². The lowest BCUT2D eigenvalue weighted by Gasteiger charge is -2.35. The largest absolute Gasteiger partial charge is 0.378 e. The van der Waals surface area contributed by atoms with E-state index in [4.69, 9.17) is 4.74 Å². The fourth-order valence-corrected chi connectivity index (χ4v) is 4.29. The normalized spacial score (nSPS) is 26.0. The first kappa shape index (κ1) is 19.4. The number of piperidine rings is 2. The van der Waals surface area contributed by atoms with E-state index in [0.717, 1.165) is 38.4 Å². The molecule has 3 fully saturated rings. The third-order valence-electron chi connectivity index (χ3n) is 5.90. The highest BCUT2D eigenvalue weighted by molar-refractivity contribution is 5.80. The Labute approximate surface area is 157 Å². The van der Waals surface area contributed by atoms with Gasteiger partial charge in [-0.25, -0.2) is 4.79 Å². The topological polar surface area (TPSA) is 65.1 Å². The monoisotopic (exact) mass is 366 g/mol. The van der Waals surface area contributed by atoms with Crippen LogP contribution in [0, 0.1) is 11.8 Å². The summed E-state index contributed by atoms with van der Waals surface area (Å²) in [7, 11) is 0. The number of morpholine rings is 1. The van der Waals surface area contributed by atoms with E-state index in [9.17, 15) is 9.59 Å². The summed E-state index contributed by atoms with van der Waals surface area (Å²) in [6, 6.07) is 0.0207. The number of hydrogen-bond acceptors (Lipinski definition) is 4. The van der Waals surface area contributed by atoms with Crippen LogP contribution in [-0.4, -0.2) is 92.2 Å². The minimum Gasteiger partial charge on any atom is -0.378 e.